The molecule has 6 heteroatoms. The number of hydrogen-bond acceptors (Lipinski definition) is 3. The van der Waals surface area contributed by atoms with Gasteiger partial charge in [-0.1, -0.05) is 44.2 Å². The van der Waals surface area contributed by atoms with Crippen LogP contribution in [0, 0.1) is 5.41 Å². The number of nitrogens with two attached hydrogens (primary N) is 1. The fraction of sp³-hybridized carbons (Fsp3) is 0.500. The van der Waals surface area contributed by atoms with Gasteiger partial charge < -0.3 is 16.0 Å². The largest absolute Gasteiger partial charge is 0.347 e. The van der Waals surface area contributed by atoms with Crippen molar-refractivity contribution in [3.05, 3.63) is 35.9 Å². The van der Waals surface area contributed by atoms with Crippen molar-refractivity contribution < 1.29 is 9.59 Å². The zero-order chi connectivity index (χ0) is 15.9. The van der Waals surface area contributed by atoms with Crippen LogP contribution in [0.15, 0.2) is 30.3 Å². The van der Waals surface area contributed by atoms with Gasteiger partial charge in [0.05, 0.1) is 13.0 Å². The van der Waals surface area contributed by atoms with E-state index in [2.05, 4.69) is 5.32 Å². The number of nitrogens with one attached hydrogen (secondary N) is 1. The Hall–Kier alpha value is -1.59. The molecule has 0 saturated heterocycles. The molecule has 0 spiro atoms. The minimum atomic E-state index is -0.152. The molecule has 0 bridgehead atoms. The van der Waals surface area contributed by atoms with Gasteiger partial charge in [-0.3, -0.25) is 9.59 Å². The summed E-state index contributed by atoms with van der Waals surface area (Å²) in [6.45, 7) is 5.10. The standard InChI is InChI=1S/C16H25N3O2.ClH/c1-16(2,11-17)12-19(3)15(21)10-18-14(20)9-13-7-5-4-6-8-13;/h4-8H,9-12,17H2,1-3H3,(H,18,20);1H. The molecule has 0 saturated carbocycles. The third kappa shape index (κ3) is 7.43. The highest BCUT2D eigenvalue weighted by Crippen LogP contribution is 2.13. The smallest absolute Gasteiger partial charge is 0.241 e. The van der Waals surface area contributed by atoms with E-state index in [1.165, 1.54) is 0 Å². The van der Waals surface area contributed by atoms with Gasteiger partial charge in [0.25, 0.3) is 0 Å². The lowest BCUT2D eigenvalue weighted by Crippen LogP contribution is -2.44. The van der Waals surface area contributed by atoms with Gasteiger partial charge in [-0.05, 0) is 17.5 Å². The molecule has 2 amide bonds. The third-order valence-corrected chi connectivity index (χ3v) is 3.29. The second kappa shape index (κ2) is 9.43. The van der Waals surface area contributed by atoms with Crippen LogP contribution in [0.5, 0.6) is 0 Å². The molecule has 3 N–H and O–H groups in total. The summed E-state index contributed by atoms with van der Waals surface area (Å²) in [6, 6.07) is 9.45. The quantitative estimate of drug-likeness (QED) is 0.790. The van der Waals surface area contributed by atoms with Crippen LogP contribution in [0.3, 0.4) is 0 Å². The molecule has 0 aliphatic carbocycles. The molecule has 0 heterocycles. The van der Waals surface area contributed by atoms with Crippen molar-refractivity contribution in [1.29, 1.82) is 0 Å². The third-order valence-electron chi connectivity index (χ3n) is 3.29. The highest BCUT2D eigenvalue weighted by atomic mass is 35.5. The first-order valence-electron chi connectivity index (χ1n) is 7.09. The summed E-state index contributed by atoms with van der Waals surface area (Å²) in [5.74, 6) is -0.265. The Bertz CT molecular complexity index is 478. The number of carbonyl (C=O) groups excluding carboxylic acids is 2. The summed E-state index contributed by atoms with van der Waals surface area (Å²) in [6.07, 6.45) is 0.284. The van der Waals surface area contributed by atoms with E-state index in [9.17, 15) is 9.59 Å². The van der Waals surface area contributed by atoms with Crippen LogP contribution in [-0.2, 0) is 16.0 Å². The molecule has 1 rings (SSSR count). The Morgan fingerprint density at radius 1 is 1.23 bits per heavy atom. The topological polar surface area (TPSA) is 75.4 Å². The molecular weight excluding hydrogens is 302 g/mol. The van der Waals surface area contributed by atoms with Crippen molar-refractivity contribution in [2.24, 2.45) is 11.1 Å². The molecule has 0 radical (unpaired) electrons. The average Bonchev–Trinajstić information content (AvgIpc) is 2.45. The van der Waals surface area contributed by atoms with E-state index in [4.69, 9.17) is 5.73 Å². The van der Waals surface area contributed by atoms with Gasteiger partial charge in [0.1, 0.15) is 0 Å². The Morgan fingerprint density at radius 3 is 2.36 bits per heavy atom. The first-order chi connectivity index (χ1) is 9.84. The first-order valence-corrected chi connectivity index (χ1v) is 7.09. The van der Waals surface area contributed by atoms with E-state index in [1.807, 2.05) is 44.2 Å². The maximum absolute atomic E-state index is 12.0. The molecule has 124 valence electrons. The lowest BCUT2D eigenvalue weighted by atomic mass is 9.93. The van der Waals surface area contributed by atoms with Crippen LogP contribution < -0.4 is 11.1 Å². The molecule has 0 fully saturated rings. The molecule has 0 aromatic heterocycles. The maximum Gasteiger partial charge on any atom is 0.241 e. The molecule has 5 nitrogen and oxygen atoms in total. The first kappa shape index (κ1) is 20.4. The predicted molar refractivity (Wildman–Crippen MR) is 90.9 cm³/mol. The molecule has 1 aromatic rings. The summed E-state index contributed by atoms with van der Waals surface area (Å²) in [7, 11) is 1.73. The highest BCUT2D eigenvalue weighted by Gasteiger charge is 2.21. The molecule has 0 aliphatic rings. The normalized spacial score (nSPS) is 10.5. The van der Waals surface area contributed by atoms with Crippen molar-refractivity contribution in [3.8, 4) is 0 Å². The van der Waals surface area contributed by atoms with E-state index in [0.29, 0.717) is 13.1 Å². The Labute approximate surface area is 138 Å². The van der Waals surface area contributed by atoms with E-state index >= 15 is 0 Å². The van der Waals surface area contributed by atoms with Crippen molar-refractivity contribution in [2.45, 2.75) is 20.3 Å². The van der Waals surface area contributed by atoms with Crippen molar-refractivity contribution in [3.63, 3.8) is 0 Å². The molecule has 1 aromatic carbocycles. The zero-order valence-corrected chi connectivity index (χ0v) is 14.3. The monoisotopic (exact) mass is 327 g/mol. The van der Waals surface area contributed by atoms with Crippen LogP contribution in [-0.4, -0.2) is 43.4 Å². The molecule has 0 unspecified atom stereocenters. The van der Waals surface area contributed by atoms with Crippen molar-refractivity contribution >= 4 is 24.2 Å². The van der Waals surface area contributed by atoms with Crippen LogP contribution in [0.2, 0.25) is 0 Å². The van der Waals surface area contributed by atoms with Gasteiger partial charge in [-0.2, -0.15) is 0 Å². The lowest BCUT2D eigenvalue weighted by molar-refractivity contribution is -0.132. The van der Waals surface area contributed by atoms with Crippen LogP contribution in [0.4, 0.5) is 0 Å². The fourth-order valence-electron chi connectivity index (χ4n) is 1.95. The SMILES string of the molecule is CN(CC(C)(C)CN)C(=O)CNC(=O)Cc1ccccc1.Cl. The van der Waals surface area contributed by atoms with Gasteiger partial charge in [0, 0.05) is 13.6 Å². The molecule has 0 aliphatic heterocycles. The van der Waals surface area contributed by atoms with Gasteiger partial charge in [-0.15, -0.1) is 12.4 Å². The van der Waals surface area contributed by atoms with E-state index in [1.54, 1.807) is 11.9 Å². The maximum atomic E-state index is 12.0. The molecular formula is C16H26ClN3O2. The van der Waals surface area contributed by atoms with Gasteiger partial charge in [-0.25, -0.2) is 0 Å². The summed E-state index contributed by atoms with van der Waals surface area (Å²) in [4.78, 5) is 25.3. The number of halogens is 1. The zero-order valence-electron chi connectivity index (χ0n) is 13.5. The minimum absolute atomic E-state index is 0. The predicted octanol–water partition coefficient (Wildman–Crippen LogP) is 1.21. The number of amides is 2. The summed E-state index contributed by atoms with van der Waals surface area (Å²) in [5, 5.41) is 2.65. The summed E-state index contributed by atoms with van der Waals surface area (Å²) in [5.41, 5.74) is 6.46. The van der Waals surface area contributed by atoms with E-state index in [-0.39, 0.29) is 42.6 Å². The number of carbonyl (C=O) groups is 2. The summed E-state index contributed by atoms with van der Waals surface area (Å²) < 4.78 is 0. The van der Waals surface area contributed by atoms with Gasteiger partial charge >= 0.3 is 0 Å². The second-order valence-electron chi connectivity index (χ2n) is 6.06. The van der Waals surface area contributed by atoms with Gasteiger partial charge in [0.15, 0.2) is 0 Å². The number of likely N-dealkylation sites (N-methyl/N-ethyl adjacent to an activating group) is 1. The van der Waals surface area contributed by atoms with E-state index in [0.717, 1.165) is 5.56 Å². The Kier molecular flexibility index (Phi) is 8.75. The number of hydrogen-bond donors (Lipinski definition) is 2. The summed E-state index contributed by atoms with van der Waals surface area (Å²) >= 11 is 0. The second-order valence-corrected chi connectivity index (χ2v) is 6.06. The van der Waals surface area contributed by atoms with Crippen LogP contribution in [0.25, 0.3) is 0 Å². The molecule has 0 atom stereocenters. The Balaban J connectivity index is 0.00000441. The highest BCUT2D eigenvalue weighted by molar-refractivity contribution is 5.86. The number of benzene rings is 1. The number of rotatable bonds is 7. The van der Waals surface area contributed by atoms with Gasteiger partial charge in [0.2, 0.25) is 11.8 Å². The van der Waals surface area contributed by atoms with Crippen molar-refractivity contribution in [2.75, 3.05) is 26.7 Å². The molecule has 22 heavy (non-hydrogen) atoms. The van der Waals surface area contributed by atoms with Crippen molar-refractivity contribution in [1.82, 2.24) is 10.2 Å². The fourth-order valence-corrected chi connectivity index (χ4v) is 1.95. The van der Waals surface area contributed by atoms with Crippen LogP contribution >= 0.6 is 12.4 Å². The van der Waals surface area contributed by atoms with E-state index < -0.39 is 0 Å². The Morgan fingerprint density at radius 2 is 1.82 bits per heavy atom. The minimum Gasteiger partial charge on any atom is -0.347 e. The van der Waals surface area contributed by atoms with Crippen LogP contribution in [0.1, 0.15) is 19.4 Å². The average molecular weight is 328 g/mol. The lowest BCUT2D eigenvalue weighted by Gasteiger charge is -2.29. The number of nitrogens with zero attached hydrogens (tertiary/aromatic N) is 1.